The average molecular weight is 312 g/mol. The molecule has 0 aliphatic carbocycles. The lowest BCUT2D eigenvalue weighted by Gasteiger charge is -2.04. The van der Waals surface area contributed by atoms with Crippen LogP contribution in [0.2, 0.25) is 0 Å². The van der Waals surface area contributed by atoms with E-state index in [0.717, 1.165) is 16.6 Å². The molecule has 3 aromatic rings. The average Bonchev–Trinajstić information content (AvgIpc) is 3.02. The molecular weight excluding hydrogens is 296 g/mol. The van der Waals surface area contributed by atoms with Gasteiger partial charge in [0.2, 0.25) is 0 Å². The number of nitrogens with zero attached hydrogens (tertiary/aromatic N) is 1. The molecular formula is C17H16N2O4. The number of carbonyl (C=O) groups is 1. The normalized spacial score (nSPS) is 10.7. The minimum Gasteiger partial charge on any atom is -0.491 e. The van der Waals surface area contributed by atoms with E-state index >= 15 is 0 Å². The summed E-state index contributed by atoms with van der Waals surface area (Å²) in [7, 11) is 1.35. The lowest BCUT2D eigenvalue weighted by Crippen LogP contribution is -2.01. The Labute approximate surface area is 132 Å². The summed E-state index contributed by atoms with van der Waals surface area (Å²) in [5, 5.41) is 8.75. The van der Waals surface area contributed by atoms with Gasteiger partial charge < -0.3 is 19.6 Å². The Morgan fingerprint density at radius 1 is 1.22 bits per heavy atom. The third-order valence-corrected chi connectivity index (χ3v) is 3.39. The molecule has 0 unspecified atom stereocenters. The quantitative estimate of drug-likeness (QED) is 0.707. The van der Waals surface area contributed by atoms with Crippen LogP contribution in [0.4, 0.5) is 0 Å². The second kappa shape index (κ2) is 6.50. The summed E-state index contributed by atoms with van der Waals surface area (Å²) in [5.74, 6) is 1.01. The fourth-order valence-corrected chi connectivity index (χ4v) is 2.26. The van der Waals surface area contributed by atoms with Crippen LogP contribution in [0.25, 0.3) is 22.4 Å². The first-order valence-electron chi connectivity index (χ1n) is 7.13. The number of hydrogen-bond donors (Lipinski definition) is 2. The Hall–Kier alpha value is -2.86. The summed E-state index contributed by atoms with van der Waals surface area (Å²) in [5.41, 5.74) is 2.91. The van der Waals surface area contributed by atoms with Crippen molar-refractivity contribution in [3.63, 3.8) is 0 Å². The van der Waals surface area contributed by atoms with E-state index in [-0.39, 0.29) is 19.2 Å². The molecule has 0 saturated heterocycles. The van der Waals surface area contributed by atoms with Crippen LogP contribution in [0.15, 0.2) is 42.5 Å². The molecule has 6 nitrogen and oxygen atoms in total. The van der Waals surface area contributed by atoms with Gasteiger partial charge in [0.1, 0.15) is 18.2 Å². The lowest BCUT2D eigenvalue weighted by molar-refractivity contribution is 0.0601. The molecule has 1 heterocycles. The van der Waals surface area contributed by atoms with Crippen LogP contribution in [0, 0.1) is 0 Å². The van der Waals surface area contributed by atoms with E-state index in [9.17, 15) is 4.79 Å². The number of esters is 1. The number of ether oxygens (including phenoxy) is 2. The van der Waals surface area contributed by atoms with Crippen LogP contribution < -0.4 is 4.74 Å². The highest BCUT2D eigenvalue weighted by molar-refractivity contribution is 5.94. The van der Waals surface area contributed by atoms with Crippen molar-refractivity contribution in [2.75, 3.05) is 20.3 Å². The molecule has 6 heteroatoms. The molecule has 0 fully saturated rings. The van der Waals surface area contributed by atoms with Crippen LogP contribution in [0.1, 0.15) is 10.4 Å². The fraction of sp³-hybridized carbons (Fsp3) is 0.176. The van der Waals surface area contributed by atoms with E-state index < -0.39 is 0 Å². The minimum atomic E-state index is -0.381. The smallest absolute Gasteiger partial charge is 0.337 e. The van der Waals surface area contributed by atoms with Crippen molar-refractivity contribution in [3.8, 4) is 17.1 Å². The van der Waals surface area contributed by atoms with E-state index in [2.05, 4.69) is 9.97 Å². The van der Waals surface area contributed by atoms with Crippen molar-refractivity contribution < 1.29 is 19.4 Å². The highest BCUT2D eigenvalue weighted by atomic mass is 16.5. The van der Waals surface area contributed by atoms with Crippen LogP contribution in [0.3, 0.4) is 0 Å². The zero-order valence-electron chi connectivity index (χ0n) is 12.6. The maximum Gasteiger partial charge on any atom is 0.337 e. The summed E-state index contributed by atoms with van der Waals surface area (Å²) >= 11 is 0. The highest BCUT2D eigenvalue weighted by Gasteiger charge is 2.10. The Bertz CT molecular complexity index is 824. The molecule has 3 rings (SSSR count). The third kappa shape index (κ3) is 3.17. The molecule has 23 heavy (non-hydrogen) atoms. The highest BCUT2D eigenvalue weighted by Crippen LogP contribution is 2.23. The van der Waals surface area contributed by atoms with Gasteiger partial charge in [-0.3, -0.25) is 0 Å². The molecule has 1 aromatic heterocycles. The van der Waals surface area contributed by atoms with Gasteiger partial charge in [-0.2, -0.15) is 0 Å². The maximum atomic E-state index is 11.6. The van der Waals surface area contributed by atoms with Crippen molar-refractivity contribution >= 4 is 17.0 Å². The largest absolute Gasteiger partial charge is 0.491 e. The number of methoxy groups -OCH3 is 1. The molecule has 0 radical (unpaired) electrons. The predicted octanol–water partition coefficient (Wildman–Crippen LogP) is 2.39. The lowest BCUT2D eigenvalue weighted by atomic mass is 10.2. The van der Waals surface area contributed by atoms with Gasteiger partial charge in [0.25, 0.3) is 0 Å². The van der Waals surface area contributed by atoms with Gasteiger partial charge in [0, 0.05) is 5.56 Å². The Morgan fingerprint density at radius 3 is 2.70 bits per heavy atom. The van der Waals surface area contributed by atoms with E-state index in [4.69, 9.17) is 14.6 Å². The number of aliphatic hydroxyl groups is 1. The SMILES string of the molecule is COC(=O)c1ccc2nc(-c3ccc(OCCO)cc3)[nH]c2c1. The molecule has 0 atom stereocenters. The number of rotatable bonds is 5. The number of aromatic nitrogens is 2. The standard InChI is InChI=1S/C17H16N2O4/c1-22-17(21)12-4-7-14-15(10-12)19-16(18-14)11-2-5-13(6-3-11)23-9-8-20/h2-7,10,20H,8-9H2,1H3,(H,18,19). The van der Waals surface area contributed by atoms with E-state index in [1.807, 2.05) is 24.3 Å². The van der Waals surface area contributed by atoms with Gasteiger partial charge >= 0.3 is 5.97 Å². The first-order chi connectivity index (χ1) is 11.2. The minimum absolute atomic E-state index is 0.0200. The van der Waals surface area contributed by atoms with Crippen molar-refractivity contribution in [1.29, 1.82) is 0 Å². The summed E-state index contributed by atoms with van der Waals surface area (Å²) in [4.78, 5) is 19.3. The molecule has 118 valence electrons. The number of benzene rings is 2. The Morgan fingerprint density at radius 2 is 2.00 bits per heavy atom. The summed E-state index contributed by atoms with van der Waals surface area (Å²) in [6.07, 6.45) is 0. The number of fused-ring (bicyclic) bond motifs is 1. The zero-order valence-corrected chi connectivity index (χ0v) is 12.6. The van der Waals surface area contributed by atoms with Gasteiger partial charge in [-0.1, -0.05) is 0 Å². The van der Waals surface area contributed by atoms with Gasteiger partial charge in [0.05, 0.1) is 30.3 Å². The summed E-state index contributed by atoms with van der Waals surface area (Å²) in [6.45, 7) is 0.244. The number of aliphatic hydroxyl groups excluding tert-OH is 1. The number of aromatic amines is 1. The molecule has 0 spiro atoms. The molecule has 0 bridgehead atoms. The molecule has 0 saturated carbocycles. The van der Waals surface area contributed by atoms with Crippen molar-refractivity contribution in [1.82, 2.24) is 9.97 Å². The number of nitrogens with one attached hydrogen (secondary N) is 1. The molecule has 0 aliphatic rings. The zero-order chi connectivity index (χ0) is 16.2. The summed E-state index contributed by atoms with van der Waals surface area (Å²) < 4.78 is 10.0. The maximum absolute atomic E-state index is 11.6. The van der Waals surface area contributed by atoms with Gasteiger partial charge in [0.15, 0.2) is 0 Å². The Kier molecular flexibility index (Phi) is 4.25. The van der Waals surface area contributed by atoms with Crippen molar-refractivity contribution in [2.45, 2.75) is 0 Å². The first kappa shape index (κ1) is 15.1. The van der Waals surface area contributed by atoms with E-state index in [0.29, 0.717) is 17.1 Å². The van der Waals surface area contributed by atoms with Crippen molar-refractivity contribution in [2.24, 2.45) is 0 Å². The number of hydrogen-bond acceptors (Lipinski definition) is 5. The fourth-order valence-electron chi connectivity index (χ4n) is 2.26. The van der Waals surface area contributed by atoms with Crippen LogP contribution >= 0.6 is 0 Å². The number of H-pyrrole nitrogens is 1. The Balaban J connectivity index is 1.89. The third-order valence-electron chi connectivity index (χ3n) is 3.39. The van der Waals surface area contributed by atoms with Gasteiger partial charge in [-0.05, 0) is 42.5 Å². The molecule has 2 N–H and O–H groups in total. The number of imidazole rings is 1. The van der Waals surface area contributed by atoms with E-state index in [1.54, 1.807) is 18.2 Å². The molecule has 0 aliphatic heterocycles. The monoisotopic (exact) mass is 312 g/mol. The molecule has 0 amide bonds. The van der Waals surface area contributed by atoms with Crippen LogP contribution in [-0.4, -0.2) is 41.4 Å². The van der Waals surface area contributed by atoms with Crippen LogP contribution in [-0.2, 0) is 4.74 Å². The van der Waals surface area contributed by atoms with Crippen molar-refractivity contribution in [3.05, 3.63) is 48.0 Å². The van der Waals surface area contributed by atoms with Crippen LogP contribution in [0.5, 0.6) is 5.75 Å². The van der Waals surface area contributed by atoms with E-state index in [1.165, 1.54) is 7.11 Å². The number of carbonyl (C=O) groups excluding carboxylic acids is 1. The topological polar surface area (TPSA) is 84.4 Å². The molecule has 2 aromatic carbocycles. The second-order valence-electron chi connectivity index (χ2n) is 4.91. The summed E-state index contributed by atoms with van der Waals surface area (Å²) in [6, 6.07) is 12.6. The first-order valence-corrected chi connectivity index (χ1v) is 7.13. The predicted molar refractivity (Wildman–Crippen MR) is 85.5 cm³/mol. The van der Waals surface area contributed by atoms with Gasteiger partial charge in [-0.25, -0.2) is 9.78 Å². The van der Waals surface area contributed by atoms with Gasteiger partial charge in [-0.15, -0.1) is 0 Å². The second-order valence-corrected chi connectivity index (χ2v) is 4.91.